The number of carbonyl (C=O) groups is 1. The van der Waals surface area contributed by atoms with E-state index in [9.17, 15) is 4.79 Å². The maximum absolute atomic E-state index is 11.8. The molecular formula is C14H13ClN2O2S. The summed E-state index contributed by atoms with van der Waals surface area (Å²) >= 11 is 7.52. The fourth-order valence-electron chi connectivity index (χ4n) is 1.63. The van der Waals surface area contributed by atoms with Crippen molar-refractivity contribution in [3.05, 3.63) is 52.9 Å². The third-order valence-electron chi connectivity index (χ3n) is 2.52. The van der Waals surface area contributed by atoms with Crippen LogP contribution in [0.1, 0.15) is 11.3 Å². The van der Waals surface area contributed by atoms with E-state index in [1.165, 1.54) is 6.21 Å². The minimum Gasteiger partial charge on any atom is -0.463 e. The Morgan fingerprint density at radius 3 is 3.05 bits per heavy atom. The van der Waals surface area contributed by atoms with Crippen LogP contribution in [-0.4, -0.2) is 18.4 Å². The van der Waals surface area contributed by atoms with Crippen molar-refractivity contribution in [1.82, 2.24) is 5.43 Å². The van der Waals surface area contributed by atoms with Crippen molar-refractivity contribution in [1.29, 1.82) is 0 Å². The Bertz CT molecular complexity index is 612. The lowest BCUT2D eigenvalue weighted by Crippen LogP contribution is -2.20. The average molecular weight is 309 g/mol. The van der Waals surface area contributed by atoms with Gasteiger partial charge in [0.25, 0.3) is 0 Å². The minimum atomic E-state index is -0.203. The van der Waals surface area contributed by atoms with Crippen LogP contribution in [0.5, 0.6) is 0 Å². The van der Waals surface area contributed by atoms with Crippen LogP contribution in [0.4, 0.5) is 0 Å². The molecule has 4 nitrogen and oxygen atoms in total. The molecule has 0 atom stereocenters. The molecule has 0 aliphatic carbocycles. The Balaban J connectivity index is 1.96. The monoisotopic (exact) mass is 308 g/mol. The molecule has 104 valence electrons. The number of hydrogen-bond acceptors (Lipinski definition) is 4. The molecule has 0 bridgehead atoms. The van der Waals surface area contributed by atoms with Crippen molar-refractivity contribution in [3.63, 3.8) is 0 Å². The first kappa shape index (κ1) is 14.7. The summed E-state index contributed by atoms with van der Waals surface area (Å²) in [5, 5.41) is 4.45. The molecule has 0 saturated heterocycles. The third kappa shape index (κ3) is 4.15. The zero-order chi connectivity index (χ0) is 14.4. The molecule has 1 amide bonds. The Morgan fingerprint density at radius 1 is 1.50 bits per heavy atom. The average Bonchev–Trinajstić information content (AvgIpc) is 2.92. The molecule has 0 aliphatic rings. The molecule has 1 heterocycles. The summed E-state index contributed by atoms with van der Waals surface area (Å²) in [5.74, 6) is 0.378. The number of nitrogens with zero attached hydrogens (tertiary/aromatic N) is 1. The Labute approximate surface area is 126 Å². The summed E-state index contributed by atoms with van der Waals surface area (Å²) < 4.78 is 5.06. The van der Waals surface area contributed by atoms with Crippen LogP contribution in [0, 0.1) is 0 Å². The maximum Gasteiger partial charge on any atom is 0.244 e. The van der Waals surface area contributed by atoms with Crippen molar-refractivity contribution in [3.8, 4) is 0 Å². The van der Waals surface area contributed by atoms with E-state index >= 15 is 0 Å². The normalized spacial score (nSPS) is 10.9. The summed E-state index contributed by atoms with van der Waals surface area (Å²) in [4.78, 5) is 12.8. The van der Waals surface area contributed by atoms with Crippen LogP contribution >= 0.6 is 23.4 Å². The lowest BCUT2D eigenvalue weighted by atomic mass is 10.1. The second-order valence-corrected chi connectivity index (χ2v) is 5.23. The van der Waals surface area contributed by atoms with Crippen LogP contribution in [0.2, 0.25) is 5.02 Å². The van der Waals surface area contributed by atoms with E-state index in [-0.39, 0.29) is 12.3 Å². The summed E-state index contributed by atoms with van der Waals surface area (Å²) in [7, 11) is 0. The fraction of sp³-hybridized carbons (Fsp3) is 0.143. The van der Waals surface area contributed by atoms with Crippen molar-refractivity contribution < 1.29 is 9.21 Å². The lowest BCUT2D eigenvalue weighted by Gasteiger charge is -2.06. The Kier molecular flexibility index (Phi) is 5.26. The van der Waals surface area contributed by atoms with E-state index < -0.39 is 0 Å². The number of nitrogens with one attached hydrogen (secondary N) is 1. The highest BCUT2D eigenvalue weighted by Crippen LogP contribution is 2.24. The first-order valence-electron chi connectivity index (χ1n) is 5.87. The van der Waals surface area contributed by atoms with Gasteiger partial charge < -0.3 is 4.42 Å². The smallest absolute Gasteiger partial charge is 0.244 e. The van der Waals surface area contributed by atoms with E-state index in [1.807, 2.05) is 18.4 Å². The van der Waals surface area contributed by atoms with Crippen molar-refractivity contribution in [2.24, 2.45) is 5.10 Å². The fourth-order valence-corrected chi connectivity index (χ4v) is 2.42. The molecule has 0 radical (unpaired) electrons. The zero-order valence-corrected chi connectivity index (χ0v) is 12.4. The summed E-state index contributed by atoms with van der Waals surface area (Å²) in [6, 6.07) is 9.01. The van der Waals surface area contributed by atoms with Gasteiger partial charge in [0.05, 0.1) is 18.9 Å². The Hall–Kier alpha value is -1.72. The second-order valence-electron chi connectivity index (χ2n) is 3.94. The molecule has 0 spiro atoms. The second kappa shape index (κ2) is 7.17. The highest BCUT2D eigenvalue weighted by Gasteiger charge is 2.08. The zero-order valence-electron chi connectivity index (χ0n) is 10.8. The summed E-state index contributed by atoms with van der Waals surface area (Å²) in [6.07, 6.45) is 5.18. The lowest BCUT2D eigenvalue weighted by molar-refractivity contribution is -0.120. The SMILES string of the molecule is CSc1ccc(Cl)cc1CC(=O)N/N=C\c1ccco1. The van der Waals surface area contributed by atoms with Gasteiger partial charge in [0.15, 0.2) is 0 Å². The van der Waals surface area contributed by atoms with Crippen molar-refractivity contribution in [2.45, 2.75) is 11.3 Å². The quantitative estimate of drug-likeness (QED) is 0.523. The number of furan rings is 1. The van der Waals surface area contributed by atoms with Crippen molar-refractivity contribution in [2.75, 3.05) is 6.26 Å². The molecule has 0 unspecified atom stereocenters. The number of carbonyl (C=O) groups excluding carboxylic acids is 1. The Morgan fingerprint density at radius 2 is 2.35 bits per heavy atom. The maximum atomic E-state index is 11.8. The van der Waals surface area contributed by atoms with Crippen LogP contribution in [0.15, 0.2) is 51.0 Å². The largest absolute Gasteiger partial charge is 0.463 e. The van der Waals surface area contributed by atoms with Crippen molar-refractivity contribution >= 4 is 35.5 Å². The van der Waals surface area contributed by atoms with E-state index in [4.69, 9.17) is 16.0 Å². The van der Waals surface area contributed by atoms with Gasteiger partial charge in [-0.3, -0.25) is 4.79 Å². The summed E-state index contributed by atoms with van der Waals surface area (Å²) in [5.41, 5.74) is 3.34. The first-order valence-corrected chi connectivity index (χ1v) is 7.47. The third-order valence-corrected chi connectivity index (χ3v) is 3.59. The van der Waals surface area contributed by atoms with Crippen LogP contribution in [-0.2, 0) is 11.2 Å². The van der Waals surface area contributed by atoms with Gasteiger partial charge in [-0.2, -0.15) is 5.10 Å². The predicted molar refractivity (Wildman–Crippen MR) is 81.4 cm³/mol. The van der Waals surface area contributed by atoms with Gasteiger partial charge in [0.2, 0.25) is 5.91 Å². The van der Waals surface area contributed by atoms with Crippen LogP contribution < -0.4 is 5.43 Å². The molecule has 0 fully saturated rings. The number of benzene rings is 1. The van der Waals surface area contributed by atoms with E-state index in [1.54, 1.807) is 36.2 Å². The predicted octanol–water partition coefficient (Wildman–Crippen LogP) is 3.35. The topological polar surface area (TPSA) is 54.6 Å². The number of amides is 1. The molecule has 2 rings (SSSR count). The van der Waals surface area contributed by atoms with Gasteiger partial charge in [-0.05, 0) is 42.2 Å². The van der Waals surface area contributed by atoms with E-state index in [0.717, 1.165) is 10.5 Å². The van der Waals surface area contributed by atoms with E-state index in [2.05, 4.69) is 10.5 Å². The first-order chi connectivity index (χ1) is 9.69. The van der Waals surface area contributed by atoms with Gasteiger partial charge in [-0.25, -0.2) is 5.43 Å². The molecule has 0 saturated carbocycles. The molecule has 6 heteroatoms. The number of hydrogen-bond donors (Lipinski definition) is 1. The van der Waals surface area contributed by atoms with Crippen LogP contribution in [0.3, 0.4) is 0 Å². The molecule has 1 aromatic carbocycles. The van der Waals surface area contributed by atoms with Gasteiger partial charge in [0.1, 0.15) is 5.76 Å². The number of halogens is 1. The molecule has 1 aromatic heterocycles. The number of rotatable bonds is 5. The number of hydrazone groups is 1. The summed E-state index contributed by atoms with van der Waals surface area (Å²) in [6.45, 7) is 0. The highest BCUT2D eigenvalue weighted by molar-refractivity contribution is 7.98. The van der Waals surface area contributed by atoms with E-state index in [0.29, 0.717) is 10.8 Å². The van der Waals surface area contributed by atoms with Gasteiger partial charge in [0, 0.05) is 9.92 Å². The number of thioether (sulfide) groups is 1. The highest BCUT2D eigenvalue weighted by atomic mass is 35.5. The molecule has 20 heavy (non-hydrogen) atoms. The van der Waals surface area contributed by atoms with Gasteiger partial charge in [-0.15, -0.1) is 11.8 Å². The minimum absolute atomic E-state index is 0.203. The molecule has 1 N–H and O–H groups in total. The standard InChI is InChI=1S/C14H13ClN2O2S/c1-20-13-5-4-11(15)7-10(13)8-14(18)17-16-9-12-3-2-6-19-12/h2-7,9H,8H2,1H3,(H,17,18)/b16-9-. The molecule has 2 aromatic rings. The molecular weight excluding hydrogens is 296 g/mol. The molecule has 0 aliphatic heterocycles. The van der Waals surface area contributed by atoms with Crippen LogP contribution in [0.25, 0.3) is 0 Å². The van der Waals surface area contributed by atoms with Gasteiger partial charge in [-0.1, -0.05) is 11.6 Å². The van der Waals surface area contributed by atoms with Gasteiger partial charge >= 0.3 is 0 Å².